The monoisotopic (exact) mass is 455 g/mol. The molecule has 162 valence electrons. The lowest BCUT2D eigenvalue weighted by atomic mass is 10.1. The summed E-state index contributed by atoms with van der Waals surface area (Å²) in [6, 6.07) is 1.87. The van der Waals surface area contributed by atoms with E-state index in [9.17, 15) is 32.9 Å². The van der Waals surface area contributed by atoms with Crippen LogP contribution in [0.25, 0.3) is 10.6 Å². The molecule has 0 spiro atoms. The molecule has 0 bridgehead atoms. The zero-order valence-electron chi connectivity index (χ0n) is 15.5. The average molecular weight is 455 g/mol. The van der Waals surface area contributed by atoms with Gasteiger partial charge in [0.1, 0.15) is 5.01 Å². The van der Waals surface area contributed by atoms with Crippen molar-refractivity contribution in [2.24, 2.45) is 7.05 Å². The van der Waals surface area contributed by atoms with E-state index in [0.29, 0.717) is 16.6 Å². The summed E-state index contributed by atoms with van der Waals surface area (Å²) in [4.78, 5) is 37.8. The zero-order valence-corrected chi connectivity index (χ0v) is 16.4. The summed E-state index contributed by atoms with van der Waals surface area (Å²) in [6.07, 6.45) is -1.72. The molecule has 0 aliphatic heterocycles. The Balaban J connectivity index is 1.65. The number of halogens is 3. The highest BCUT2D eigenvalue weighted by atomic mass is 32.1. The number of rotatable bonds is 6. The summed E-state index contributed by atoms with van der Waals surface area (Å²) in [5.41, 5.74) is -2.30. The highest BCUT2D eigenvalue weighted by Crippen LogP contribution is 2.37. The lowest BCUT2D eigenvalue weighted by Gasteiger charge is -2.13. The number of carbonyl (C=O) groups excluding carboxylic acids is 2. The van der Waals surface area contributed by atoms with Gasteiger partial charge in [-0.15, -0.1) is 11.3 Å². The minimum Gasteiger partial charge on any atom is -0.451 e. The van der Waals surface area contributed by atoms with Gasteiger partial charge in [0.05, 0.1) is 22.4 Å². The number of aromatic nitrogens is 3. The molecule has 14 heteroatoms. The van der Waals surface area contributed by atoms with Crippen molar-refractivity contribution in [1.29, 1.82) is 0 Å². The Bertz CT molecular complexity index is 1160. The molecule has 1 amide bonds. The summed E-state index contributed by atoms with van der Waals surface area (Å²) in [5.74, 6) is -2.00. The van der Waals surface area contributed by atoms with Crippen LogP contribution in [0.2, 0.25) is 0 Å². The first-order valence-corrected chi connectivity index (χ1v) is 9.19. The molecule has 3 rings (SSSR count). The molecule has 10 nitrogen and oxygen atoms in total. The maximum atomic E-state index is 13.1. The third kappa shape index (κ3) is 5.22. The van der Waals surface area contributed by atoms with Gasteiger partial charge < -0.3 is 10.1 Å². The zero-order chi connectivity index (χ0) is 22.8. The third-order valence-corrected chi connectivity index (χ3v) is 4.68. The lowest BCUT2D eigenvalue weighted by molar-refractivity contribution is -0.385. The number of benzene rings is 1. The number of amides is 1. The van der Waals surface area contributed by atoms with Gasteiger partial charge in [-0.3, -0.25) is 19.6 Å². The minimum absolute atomic E-state index is 0.0806. The van der Waals surface area contributed by atoms with Gasteiger partial charge in [0.2, 0.25) is 0 Å². The molecule has 0 aliphatic rings. The predicted octanol–water partition coefficient (Wildman–Crippen LogP) is 3.27. The Morgan fingerprint density at radius 2 is 2.10 bits per heavy atom. The third-order valence-electron chi connectivity index (χ3n) is 3.79. The van der Waals surface area contributed by atoms with E-state index in [2.05, 4.69) is 10.1 Å². The highest BCUT2D eigenvalue weighted by molar-refractivity contribution is 7.13. The van der Waals surface area contributed by atoms with Crippen LogP contribution in [0, 0.1) is 10.1 Å². The molecule has 0 radical (unpaired) electrons. The Kier molecular flexibility index (Phi) is 6.01. The number of non-ortho nitro benzene ring substituents is 1. The summed E-state index contributed by atoms with van der Waals surface area (Å²) in [5, 5.41) is 18.5. The number of hydrogen-bond donors (Lipinski definition) is 1. The number of hydrogen-bond acceptors (Lipinski definition) is 8. The maximum absolute atomic E-state index is 13.1. The number of nitrogens with zero attached hydrogens (tertiary/aromatic N) is 4. The second-order valence-corrected chi connectivity index (χ2v) is 6.91. The second kappa shape index (κ2) is 8.51. The quantitative estimate of drug-likeness (QED) is 0.343. The van der Waals surface area contributed by atoms with Crippen LogP contribution in [0.3, 0.4) is 0 Å². The fraction of sp³-hybridized carbons (Fsp3) is 0.176. The molecule has 31 heavy (non-hydrogen) atoms. The smallest absolute Gasteiger partial charge is 0.418 e. The maximum Gasteiger partial charge on any atom is 0.418 e. The van der Waals surface area contributed by atoms with E-state index in [1.54, 1.807) is 24.1 Å². The van der Waals surface area contributed by atoms with Crippen LogP contribution in [0.1, 0.15) is 16.1 Å². The molecule has 3 aromatic rings. The van der Waals surface area contributed by atoms with Gasteiger partial charge in [0, 0.05) is 36.3 Å². The number of nitro groups is 1. The van der Waals surface area contributed by atoms with Crippen molar-refractivity contribution in [1.82, 2.24) is 14.8 Å². The molecule has 0 saturated carbocycles. The van der Waals surface area contributed by atoms with E-state index in [-0.39, 0.29) is 5.69 Å². The van der Waals surface area contributed by atoms with Crippen molar-refractivity contribution < 1.29 is 32.4 Å². The Morgan fingerprint density at radius 3 is 2.71 bits per heavy atom. The molecule has 2 heterocycles. The van der Waals surface area contributed by atoms with Crippen molar-refractivity contribution in [3.05, 3.63) is 57.3 Å². The van der Waals surface area contributed by atoms with Crippen molar-refractivity contribution in [2.75, 3.05) is 11.9 Å². The standard InChI is InChI=1S/C17H12F3N5O5S/c1-24-6-9(5-21-24)15-23-13(8-31-15)16(27)30-7-14(26)22-12-3-2-10(25(28)29)4-11(12)17(18,19)20/h2-6,8H,7H2,1H3,(H,22,26). The van der Waals surface area contributed by atoms with Gasteiger partial charge in [-0.2, -0.15) is 18.3 Å². The molecular formula is C17H12F3N5O5S. The van der Waals surface area contributed by atoms with Gasteiger partial charge in [0.25, 0.3) is 11.6 Å². The van der Waals surface area contributed by atoms with E-state index in [1.165, 1.54) is 5.38 Å². The normalized spacial score (nSPS) is 11.2. The number of nitrogens with one attached hydrogen (secondary N) is 1. The van der Waals surface area contributed by atoms with Crippen molar-refractivity contribution in [3.63, 3.8) is 0 Å². The number of anilines is 1. The van der Waals surface area contributed by atoms with Gasteiger partial charge in [0.15, 0.2) is 12.3 Å². The molecule has 0 saturated heterocycles. The number of alkyl halides is 3. The number of aryl methyl sites for hydroxylation is 1. The minimum atomic E-state index is -4.95. The second-order valence-electron chi connectivity index (χ2n) is 6.05. The van der Waals surface area contributed by atoms with Crippen LogP contribution in [-0.4, -0.2) is 38.2 Å². The van der Waals surface area contributed by atoms with E-state index in [4.69, 9.17) is 4.74 Å². The Morgan fingerprint density at radius 1 is 1.35 bits per heavy atom. The van der Waals surface area contributed by atoms with Crippen LogP contribution in [-0.2, 0) is 22.8 Å². The van der Waals surface area contributed by atoms with Gasteiger partial charge in [-0.25, -0.2) is 9.78 Å². The number of esters is 1. The van der Waals surface area contributed by atoms with Crippen LogP contribution < -0.4 is 5.32 Å². The Hall–Kier alpha value is -3.81. The summed E-state index contributed by atoms with van der Waals surface area (Å²) in [6.45, 7) is -0.882. The van der Waals surface area contributed by atoms with Crippen molar-refractivity contribution >= 4 is 34.6 Å². The summed E-state index contributed by atoms with van der Waals surface area (Å²) >= 11 is 1.14. The SMILES string of the molecule is Cn1cc(-c2nc(C(=O)OCC(=O)Nc3ccc([N+](=O)[O-])cc3C(F)(F)F)cs2)cn1. The first kappa shape index (κ1) is 21.9. The number of nitro benzene ring substituents is 1. The van der Waals surface area contributed by atoms with E-state index < -0.39 is 46.5 Å². The molecule has 1 N–H and O–H groups in total. The fourth-order valence-electron chi connectivity index (χ4n) is 2.41. The predicted molar refractivity (Wildman–Crippen MR) is 101 cm³/mol. The van der Waals surface area contributed by atoms with Gasteiger partial charge >= 0.3 is 12.1 Å². The molecule has 0 atom stereocenters. The number of carbonyl (C=O) groups is 2. The topological polar surface area (TPSA) is 129 Å². The molecule has 0 fully saturated rings. The van der Waals surface area contributed by atoms with Gasteiger partial charge in [-0.1, -0.05) is 0 Å². The summed E-state index contributed by atoms with van der Waals surface area (Å²) < 4.78 is 45.8. The van der Waals surface area contributed by atoms with Crippen LogP contribution in [0.15, 0.2) is 36.0 Å². The first-order valence-electron chi connectivity index (χ1n) is 8.32. The lowest BCUT2D eigenvalue weighted by Crippen LogP contribution is -2.23. The number of ether oxygens (including phenoxy) is 1. The van der Waals surface area contributed by atoms with E-state index in [0.717, 1.165) is 23.5 Å². The first-order chi connectivity index (χ1) is 14.5. The molecule has 0 unspecified atom stereocenters. The average Bonchev–Trinajstić information content (AvgIpc) is 3.34. The Labute approximate surface area is 175 Å². The molecule has 2 aromatic heterocycles. The van der Waals surface area contributed by atoms with E-state index in [1.807, 2.05) is 5.32 Å². The fourth-order valence-corrected chi connectivity index (χ4v) is 3.18. The van der Waals surface area contributed by atoms with Crippen LogP contribution >= 0.6 is 11.3 Å². The largest absolute Gasteiger partial charge is 0.451 e. The van der Waals surface area contributed by atoms with Crippen LogP contribution in [0.4, 0.5) is 24.5 Å². The van der Waals surface area contributed by atoms with Crippen molar-refractivity contribution in [2.45, 2.75) is 6.18 Å². The number of thiazole rings is 1. The van der Waals surface area contributed by atoms with Gasteiger partial charge in [-0.05, 0) is 6.07 Å². The van der Waals surface area contributed by atoms with E-state index >= 15 is 0 Å². The van der Waals surface area contributed by atoms with Crippen molar-refractivity contribution in [3.8, 4) is 10.6 Å². The van der Waals surface area contributed by atoms with Crippen LogP contribution in [0.5, 0.6) is 0 Å². The molecular weight excluding hydrogens is 443 g/mol. The molecule has 0 aliphatic carbocycles. The molecule has 1 aromatic carbocycles. The highest BCUT2D eigenvalue weighted by Gasteiger charge is 2.35. The summed E-state index contributed by atoms with van der Waals surface area (Å²) in [7, 11) is 1.71.